The summed E-state index contributed by atoms with van der Waals surface area (Å²) in [5.41, 5.74) is 1.18. The first-order chi connectivity index (χ1) is 13.3. The Labute approximate surface area is 169 Å². The van der Waals surface area contributed by atoms with Crippen molar-refractivity contribution in [1.29, 1.82) is 0 Å². The molecule has 1 aliphatic rings. The number of carbonyl (C=O) groups is 1. The zero-order chi connectivity index (χ0) is 20.7. The van der Waals surface area contributed by atoms with Crippen LogP contribution in [0.3, 0.4) is 0 Å². The second-order valence-electron chi connectivity index (χ2n) is 7.49. The van der Waals surface area contributed by atoms with Gasteiger partial charge in [0.25, 0.3) is 5.91 Å². The minimum absolute atomic E-state index is 0.0644. The summed E-state index contributed by atoms with van der Waals surface area (Å²) in [6, 6.07) is 5.18. The summed E-state index contributed by atoms with van der Waals surface area (Å²) in [5.74, 6) is -0.104. The summed E-state index contributed by atoms with van der Waals surface area (Å²) in [7, 11) is -3.65. The molecule has 6 nitrogen and oxygen atoms in total. The SMILES string of the molecule is CCCCCN(C(=O)c1ccc(CC)c(S(=O)(=O)N2CCOCC2)c1)C(C)C. The average Bonchev–Trinajstić information content (AvgIpc) is 2.70. The highest BCUT2D eigenvalue weighted by Crippen LogP contribution is 2.24. The number of carbonyl (C=O) groups excluding carboxylic acids is 1. The van der Waals surface area contributed by atoms with Gasteiger partial charge in [-0.25, -0.2) is 8.42 Å². The van der Waals surface area contributed by atoms with E-state index in [4.69, 9.17) is 4.74 Å². The van der Waals surface area contributed by atoms with Gasteiger partial charge >= 0.3 is 0 Å². The van der Waals surface area contributed by atoms with Crippen LogP contribution in [0.4, 0.5) is 0 Å². The van der Waals surface area contributed by atoms with E-state index in [0.29, 0.717) is 44.8 Å². The average molecular weight is 411 g/mol. The summed E-state index contributed by atoms with van der Waals surface area (Å²) in [6.45, 7) is 10.2. The van der Waals surface area contributed by atoms with Crippen LogP contribution in [0.25, 0.3) is 0 Å². The van der Waals surface area contributed by atoms with Crippen molar-refractivity contribution in [3.05, 3.63) is 29.3 Å². The summed E-state index contributed by atoms with van der Waals surface area (Å²) in [4.78, 5) is 15.2. The normalized spacial score (nSPS) is 15.8. The van der Waals surface area contributed by atoms with E-state index >= 15 is 0 Å². The third-order valence-corrected chi connectivity index (χ3v) is 7.15. The maximum Gasteiger partial charge on any atom is 0.254 e. The summed E-state index contributed by atoms with van der Waals surface area (Å²) in [6.07, 6.45) is 3.71. The third-order valence-electron chi connectivity index (χ3n) is 5.17. The monoisotopic (exact) mass is 410 g/mol. The van der Waals surface area contributed by atoms with Crippen molar-refractivity contribution in [2.24, 2.45) is 0 Å². The van der Waals surface area contributed by atoms with Gasteiger partial charge in [0.1, 0.15) is 0 Å². The highest BCUT2D eigenvalue weighted by Gasteiger charge is 2.29. The quantitative estimate of drug-likeness (QED) is 0.586. The van der Waals surface area contributed by atoms with E-state index in [2.05, 4.69) is 6.92 Å². The zero-order valence-corrected chi connectivity index (χ0v) is 18.4. The molecule has 1 aromatic rings. The number of rotatable bonds is 9. The van der Waals surface area contributed by atoms with E-state index in [9.17, 15) is 13.2 Å². The van der Waals surface area contributed by atoms with Crippen LogP contribution in [0.2, 0.25) is 0 Å². The molecule has 1 amide bonds. The van der Waals surface area contributed by atoms with Gasteiger partial charge in [-0.05, 0) is 44.4 Å². The van der Waals surface area contributed by atoms with Crippen LogP contribution in [-0.4, -0.2) is 62.4 Å². The number of hydrogen-bond acceptors (Lipinski definition) is 4. The van der Waals surface area contributed by atoms with Gasteiger partial charge in [0, 0.05) is 31.2 Å². The largest absolute Gasteiger partial charge is 0.379 e. The molecule has 1 saturated heterocycles. The second-order valence-corrected chi connectivity index (χ2v) is 9.40. The highest BCUT2D eigenvalue weighted by atomic mass is 32.2. The van der Waals surface area contributed by atoms with E-state index in [1.54, 1.807) is 18.2 Å². The van der Waals surface area contributed by atoms with Crippen LogP contribution >= 0.6 is 0 Å². The number of sulfonamides is 1. The van der Waals surface area contributed by atoms with Crippen molar-refractivity contribution in [2.45, 2.75) is 64.3 Å². The van der Waals surface area contributed by atoms with Crippen LogP contribution in [0.15, 0.2) is 23.1 Å². The van der Waals surface area contributed by atoms with E-state index in [0.717, 1.165) is 24.8 Å². The summed E-state index contributed by atoms with van der Waals surface area (Å²) >= 11 is 0. The second kappa shape index (κ2) is 10.4. The third kappa shape index (κ3) is 5.33. The molecule has 28 heavy (non-hydrogen) atoms. The molecule has 0 bridgehead atoms. The van der Waals surface area contributed by atoms with Crippen molar-refractivity contribution in [3.8, 4) is 0 Å². The molecule has 0 atom stereocenters. The minimum atomic E-state index is -3.65. The van der Waals surface area contributed by atoms with Crippen molar-refractivity contribution < 1.29 is 17.9 Å². The van der Waals surface area contributed by atoms with Gasteiger partial charge in [-0.1, -0.05) is 32.8 Å². The van der Waals surface area contributed by atoms with Crippen LogP contribution < -0.4 is 0 Å². The molecule has 0 unspecified atom stereocenters. The molecule has 7 heteroatoms. The number of benzene rings is 1. The van der Waals surface area contributed by atoms with Crippen molar-refractivity contribution in [1.82, 2.24) is 9.21 Å². The maximum absolute atomic E-state index is 13.2. The number of hydrogen-bond donors (Lipinski definition) is 0. The topological polar surface area (TPSA) is 66.9 Å². The molecule has 0 aromatic heterocycles. The Bertz CT molecular complexity index is 756. The maximum atomic E-state index is 13.2. The fourth-order valence-electron chi connectivity index (χ4n) is 3.44. The molecular weight excluding hydrogens is 376 g/mol. The Hall–Kier alpha value is -1.44. The van der Waals surface area contributed by atoms with Gasteiger partial charge < -0.3 is 9.64 Å². The van der Waals surface area contributed by atoms with Crippen molar-refractivity contribution in [2.75, 3.05) is 32.8 Å². The van der Waals surface area contributed by atoms with Gasteiger partial charge in [-0.2, -0.15) is 4.31 Å². The first-order valence-corrected chi connectivity index (χ1v) is 11.8. The molecule has 0 radical (unpaired) electrons. The van der Waals surface area contributed by atoms with E-state index in [-0.39, 0.29) is 16.8 Å². The Morgan fingerprint density at radius 2 is 1.86 bits per heavy atom. The standard InChI is InChI=1S/C21H34N2O4S/c1-5-7-8-11-23(17(3)4)21(24)19-10-9-18(6-2)20(16-19)28(25,26)22-12-14-27-15-13-22/h9-10,16-17H,5-8,11-15H2,1-4H3. The lowest BCUT2D eigenvalue weighted by molar-refractivity contribution is 0.0701. The molecule has 158 valence electrons. The molecule has 0 aliphatic carbocycles. The number of aryl methyl sites for hydroxylation is 1. The van der Waals surface area contributed by atoms with Crippen LogP contribution in [0.1, 0.15) is 62.9 Å². The van der Waals surface area contributed by atoms with Crippen LogP contribution in [-0.2, 0) is 21.2 Å². The summed E-state index contributed by atoms with van der Waals surface area (Å²) < 4.78 is 33.1. The number of morpholine rings is 1. The number of unbranched alkanes of at least 4 members (excludes halogenated alkanes) is 2. The predicted octanol–water partition coefficient (Wildman–Crippen LogP) is 3.31. The molecule has 1 fully saturated rings. The number of ether oxygens (including phenoxy) is 1. The Kier molecular flexibility index (Phi) is 8.46. The number of amides is 1. The Morgan fingerprint density at radius 1 is 1.18 bits per heavy atom. The Morgan fingerprint density at radius 3 is 2.43 bits per heavy atom. The lowest BCUT2D eigenvalue weighted by Gasteiger charge is -2.29. The molecule has 1 heterocycles. The molecular formula is C21H34N2O4S. The fraction of sp³-hybridized carbons (Fsp3) is 0.667. The zero-order valence-electron chi connectivity index (χ0n) is 17.6. The minimum Gasteiger partial charge on any atom is -0.379 e. The molecule has 0 saturated carbocycles. The van der Waals surface area contributed by atoms with Gasteiger partial charge in [0.15, 0.2) is 0 Å². The fourth-order valence-corrected chi connectivity index (χ4v) is 5.17. The van der Waals surface area contributed by atoms with Crippen LogP contribution in [0.5, 0.6) is 0 Å². The molecule has 1 aromatic carbocycles. The van der Waals surface area contributed by atoms with Gasteiger partial charge in [-0.3, -0.25) is 4.79 Å². The van der Waals surface area contributed by atoms with Gasteiger partial charge in [0.2, 0.25) is 10.0 Å². The first kappa shape index (κ1) is 22.8. The first-order valence-electron chi connectivity index (χ1n) is 10.3. The van der Waals surface area contributed by atoms with E-state index in [1.165, 1.54) is 4.31 Å². The van der Waals surface area contributed by atoms with E-state index < -0.39 is 10.0 Å². The van der Waals surface area contributed by atoms with Crippen LogP contribution in [0, 0.1) is 0 Å². The highest BCUT2D eigenvalue weighted by molar-refractivity contribution is 7.89. The van der Waals surface area contributed by atoms with Crippen molar-refractivity contribution in [3.63, 3.8) is 0 Å². The molecule has 0 spiro atoms. The van der Waals surface area contributed by atoms with E-state index in [1.807, 2.05) is 25.7 Å². The van der Waals surface area contributed by atoms with Gasteiger partial charge in [-0.15, -0.1) is 0 Å². The molecule has 1 aliphatic heterocycles. The lowest BCUT2D eigenvalue weighted by atomic mass is 10.1. The number of nitrogens with zero attached hydrogens (tertiary/aromatic N) is 2. The Balaban J connectivity index is 2.36. The molecule has 0 N–H and O–H groups in total. The van der Waals surface area contributed by atoms with Crippen molar-refractivity contribution >= 4 is 15.9 Å². The lowest BCUT2D eigenvalue weighted by Crippen LogP contribution is -2.41. The van der Waals surface area contributed by atoms with Gasteiger partial charge in [0.05, 0.1) is 18.1 Å². The summed E-state index contributed by atoms with van der Waals surface area (Å²) in [5, 5.41) is 0. The molecule has 2 rings (SSSR count). The smallest absolute Gasteiger partial charge is 0.254 e. The predicted molar refractivity (Wildman–Crippen MR) is 111 cm³/mol.